The van der Waals surface area contributed by atoms with Crippen LogP contribution in [0.5, 0.6) is 0 Å². The molecule has 0 atom stereocenters. The van der Waals surface area contributed by atoms with Gasteiger partial charge >= 0.3 is 0 Å². The zero-order valence-electron chi connectivity index (χ0n) is 11.1. The van der Waals surface area contributed by atoms with Crippen molar-refractivity contribution in [3.63, 3.8) is 0 Å². The summed E-state index contributed by atoms with van der Waals surface area (Å²) in [5, 5.41) is 2.46. The lowest BCUT2D eigenvalue weighted by molar-refractivity contribution is 0.577. The first kappa shape index (κ1) is 14.4. The molecular formula is C11H13N5O2S3. The molecule has 3 rings (SSSR count). The number of rotatable bonds is 5. The summed E-state index contributed by atoms with van der Waals surface area (Å²) in [6, 6.07) is 0. The molecule has 3 aromatic heterocycles. The second-order valence-electron chi connectivity index (χ2n) is 4.26. The molecule has 0 saturated heterocycles. The van der Waals surface area contributed by atoms with Gasteiger partial charge in [-0.25, -0.2) is 23.1 Å². The van der Waals surface area contributed by atoms with Gasteiger partial charge in [-0.1, -0.05) is 6.92 Å². The van der Waals surface area contributed by atoms with E-state index in [9.17, 15) is 8.42 Å². The second kappa shape index (κ2) is 5.37. The Balaban J connectivity index is 1.86. The second-order valence-corrected chi connectivity index (χ2v) is 8.01. The third-order valence-corrected chi connectivity index (χ3v) is 6.20. The first-order valence-corrected chi connectivity index (χ1v) is 9.33. The van der Waals surface area contributed by atoms with Gasteiger partial charge in [-0.05, 0) is 6.42 Å². The van der Waals surface area contributed by atoms with Crippen molar-refractivity contribution in [3.05, 3.63) is 27.7 Å². The molecule has 0 aliphatic rings. The van der Waals surface area contributed by atoms with Gasteiger partial charge in [-0.3, -0.25) is 4.40 Å². The lowest BCUT2D eigenvalue weighted by atomic mass is 10.4. The zero-order chi connectivity index (χ0) is 15.0. The number of nitrogens with zero attached hydrogens (tertiary/aromatic N) is 3. The van der Waals surface area contributed by atoms with E-state index in [2.05, 4.69) is 14.7 Å². The van der Waals surface area contributed by atoms with E-state index in [-0.39, 0.29) is 17.4 Å². The molecular weight excluding hydrogens is 330 g/mol. The van der Waals surface area contributed by atoms with Gasteiger partial charge in [0.05, 0.1) is 6.54 Å². The van der Waals surface area contributed by atoms with Crippen LogP contribution in [0.3, 0.4) is 0 Å². The van der Waals surface area contributed by atoms with E-state index in [0.29, 0.717) is 4.96 Å². The number of imidazole rings is 1. The molecule has 10 heteroatoms. The molecule has 21 heavy (non-hydrogen) atoms. The fraction of sp³-hybridized carbons (Fsp3) is 0.273. The van der Waals surface area contributed by atoms with Crippen LogP contribution in [0, 0.1) is 0 Å². The van der Waals surface area contributed by atoms with E-state index in [1.54, 1.807) is 17.8 Å². The molecule has 0 aliphatic carbocycles. The highest BCUT2D eigenvalue weighted by Gasteiger charge is 2.24. The van der Waals surface area contributed by atoms with Crippen molar-refractivity contribution in [2.24, 2.45) is 0 Å². The number of sulfonamides is 1. The number of fused-ring (bicyclic) bond motifs is 1. The molecule has 0 radical (unpaired) electrons. The van der Waals surface area contributed by atoms with E-state index in [1.165, 1.54) is 27.1 Å². The minimum atomic E-state index is -3.74. The van der Waals surface area contributed by atoms with Crippen LogP contribution in [-0.4, -0.2) is 22.8 Å². The highest BCUT2D eigenvalue weighted by Crippen LogP contribution is 2.23. The van der Waals surface area contributed by atoms with Gasteiger partial charge in [0.25, 0.3) is 10.0 Å². The Morgan fingerprint density at radius 3 is 3.00 bits per heavy atom. The van der Waals surface area contributed by atoms with Crippen LogP contribution in [-0.2, 0) is 23.0 Å². The molecule has 0 fully saturated rings. The van der Waals surface area contributed by atoms with Crippen molar-refractivity contribution in [1.29, 1.82) is 0 Å². The molecule has 0 unspecified atom stereocenters. The van der Waals surface area contributed by atoms with Crippen LogP contribution in [0.4, 0.5) is 5.82 Å². The maximum Gasteiger partial charge on any atom is 0.260 e. The van der Waals surface area contributed by atoms with Crippen molar-refractivity contribution in [2.45, 2.75) is 24.9 Å². The average molecular weight is 343 g/mol. The van der Waals surface area contributed by atoms with E-state index in [0.717, 1.165) is 16.3 Å². The number of aromatic nitrogens is 3. The summed E-state index contributed by atoms with van der Waals surface area (Å²) in [6.07, 6.45) is 4.28. The summed E-state index contributed by atoms with van der Waals surface area (Å²) in [4.78, 5) is 9.90. The Bertz CT molecular complexity index is 877. The number of anilines is 1. The molecule has 3 aromatic rings. The maximum atomic E-state index is 12.4. The third-order valence-electron chi connectivity index (χ3n) is 2.86. The minimum Gasteiger partial charge on any atom is -0.381 e. The summed E-state index contributed by atoms with van der Waals surface area (Å²) < 4.78 is 28.8. The van der Waals surface area contributed by atoms with E-state index in [1.807, 2.05) is 6.92 Å². The topological polar surface area (TPSA) is 102 Å². The van der Waals surface area contributed by atoms with Crippen LogP contribution in [0.1, 0.15) is 16.8 Å². The normalized spacial score (nSPS) is 12.2. The molecule has 0 aliphatic heterocycles. The van der Waals surface area contributed by atoms with Crippen molar-refractivity contribution >= 4 is 43.5 Å². The molecule has 0 bridgehead atoms. The molecule has 0 aromatic carbocycles. The molecule has 3 N–H and O–H groups in total. The zero-order valence-corrected chi connectivity index (χ0v) is 13.6. The lowest BCUT2D eigenvalue weighted by Crippen LogP contribution is -2.25. The largest absolute Gasteiger partial charge is 0.381 e. The van der Waals surface area contributed by atoms with Gasteiger partial charge < -0.3 is 5.73 Å². The summed E-state index contributed by atoms with van der Waals surface area (Å²) in [5.74, 6) is 0.00253. The third kappa shape index (κ3) is 2.67. The molecule has 0 spiro atoms. The lowest BCUT2D eigenvalue weighted by Gasteiger charge is -2.04. The fourth-order valence-corrected chi connectivity index (χ4v) is 4.73. The summed E-state index contributed by atoms with van der Waals surface area (Å²) in [7, 11) is -3.74. The van der Waals surface area contributed by atoms with Gasteiger partial charge in [0, 0.05) is 22.7 Å². The molecule has 3 heterocycles. The average Bonchev–Trinajstić information content (AvgIpc) is 3.10. The van der Waals surface area contributed by atoms with E-state index < -0.39 is 10.0 Å². The Morgan fingerprint density at radius 2 is 2.29 bits per heavy atom. The Morgan fingerprint density at radius 1 is 1.48 bits per heavy atom. The first-order valence-electron chi connectivity index (χ1n) is 6.15. The van der Waals surface area contributed by atoms with E-state index in [4.69, 9.17) is 5.73 Å². The fourth-order valence-electron chi connectivity index (χ4n) is 1.87. The van der Waals surface area contributed by atoms with E-state index >= 15 is 0 Å². The van der Waals surface area contributed by atoms with Gasteiger partial charge in [0.2, 0.25) is 0 Å². The number of aryl methyl sites for hydroxylation is 1. The summed E-state index contributed by atoms with van der Waals surface area (Å²) >= 11 is 2.82. The van der Waals surface area contributed by atoms with Crippen LogP contribution in [0.2, 0.25) is 0 Å². The predicted octanol–water partition coefficient (Wildman–Crippen LogP) is 1.48. The Labute approximate surface area is 129 Å². The van der Waals surface area contributed by atoms with Crippen molar-refractivity contribution in [3.8, 4) is 0 Å². The smallest absolute Gasteiger partial charge is 0.260 e. The predicted molar refractivity (Wildman–Crippen MR) is 83.0 cm³/mol. The van der Waals surface area contributed by atoms with Crippen LogP contribution < -0.4 is 10.5 Å². The quantitative estimate of drug-likeness (QED) is 0.730. The number of nitrogens with two attached hydrogens (primary N) is 1. The van der Waals surface area contributed by atoms with Crippen LogP contribution in [0.15, 0.2) is 22.8 Å². The van der Waals surface area contributed by atoms with Gasteiger partial charge in [0.15, 0.2) is 15.8 Å². The first-order chi connectivity index (χ1) is 10.0. The van der Waals surface area contributed by atoms with Crippen LogP contribution in [0.25, 0.3) is 4.96 Å². The van der Waals surface area contributed by atoms with Crippen molar-refractivity contribution in [2.75, 3.05) is 5.73 Å². The summed E-state index contributed by atoms with van der Waals surface area (Å²) in [5.41, 5.74) is 5.72. The number of nitrogen functional groups attached to an aromatic ring is 1. The molecule has 7 nitrogen and oxygen atoms in total. The number of hydrogen-bond acceptors (Lipinski definition) is 7. The van der Waals surface area contributed by atoms with Crippen LogP contribution >= 0.6 is 22.7 Å². The van der Waals surface area contributed by atoms with Crippen molar-refractivity contribution < 1.29 is 8.42 Å². The Kier molecular flexibility index (Phi) is 3.69. The number of hydrogen-bond donors (Lipinski definition) is 2. The standard InChI is InChI=1S/C11H13N5O2S3/c1-2-7-5-13-8(20-7)6-14-21(17,18)10-9(12)15-11-16(10)3-4-19-11/h3-5,14H,2,6,12H2,1H3. The highest BCUT2D eigenvalue weighted by atomic mass is 32.2. The minimum absolute atomic E-state index is 0.00253. The molecule has 112 valence electrons. The maximum absolute atomic E-state index is 12.4. The van der Waals surface area contributed by atoms with Crippen molar-refractivity contribution in [1.82, 2.24) is 19.1 Å². The monoisotopic (exact) mass is 343 g/mol. The highest BCUT2D eigenvalue weighted by molar-refractivity contribution is 7.89. The molecule has 0 amide bonds. The molecule has 0 saturated carbocycles. The van der Waals surface area contributed by atoms with Gasteiger partial charge in [0.1, 0.15) is 5.01 Å². The number of nitrogens with one attached hydrogen (secondary N) is 1. The number of thiazole rings is 2. The van der Waals surface area contributed by atoms with Gasteiger partial charge in [-0.15, -0.1) is 22.7 Å². The van der Waals surface area contributed by atoms with Gasteiger partial charge in [-0.2, -0.15) is 0 Å². The SMILES string of the molecule is CCc1cnc(CNS(=O)(=O)c2c(N)nc3sccn23)s1. The Hall–Kier alpha value is -1.49. The summed E-state index contributed by atoms with van der Waals surface area (Å²) in [6.45, 7) is 2.17.